The first kappa shape index (κ1) is 19.7. The number of rotatable bonds is 9. The molecule has 3 rings (SSSR count). The van der Waals surface area contributed by atoms with Crippen molar-refractivity contribution >= 4 is 15.7 Å². The van der Waals surface area contributed by atoms with E-state index in [1.165, 1.54) is 0 Å². The highest BCUT2D eigenvalue weighted by Gasteiger charge is 2.16. The van der Waals surface area contributed by atoms with Gasteiger partial charge in [-0.3, -0.25) is 4.72 Å². The van der Waals surface area contributed by atoms with Crippen molar-refractivity contribution < 1.29 is 13.2 Å². The summed E-state index contributed by atoms with van der Waals surface area (Å²) < 4.78 is 33.7. The molecule has 0 aliphatic carbocycles. The fourth-order valence-corrected chi connectivity index (χ4v) is 3.96. The Morgan fingerprint density at radius 3 is 2.29 bits per heavy atom. The molecule has 4 nitrogen and oxygen atoms in total. The standard InChI is InChI=1S/C23H23NO3S/c1-2-10-20(18-27-22-13-5-3-6-14-22)19-11-9-12-21(17-19)24-28(25,26)23-15-7-4-8-16-23/h2-9,11-17,20,24H,1,10,18H2. The minimum absolute atomic E-state index is 0.0684. The molecule has 0 heterocycles. The van der Waals surface area contributed by atoms with Crippen LogP contribution in [0.1, 0.15) is 17.9 Å². The van der Waals surface area contributed by atoms with E-state index in [0.29, 0.717) is 12.3 Å². The Kier molecular flexibility index (Phi) is 6.50. The summed E-state index contributed by atoms with van der Waals surface area (Å²) in [7, 11) is -3.62. The first-order valence-electron chi connectivity index (χ1n) is 9.05. The molecule has 0 fully saturated rings. The average Bonchev–Trinajstić information content (AvgIpc) is 2.72. The average molecular weight is 394 g/mol. The zero-order valence-corrected chi connectivity index (χ0v) is 16.3. The highest BCUT2D eigenvalue weighted by Crippen LogP contribution is 2.26. The smallest absolute Gasteiger partial charge is 0.261 e. The Labute approximate surface area is 166 Å². The fourth-order valence-electron chi connectivity index (χ4n) is 2.88. The number of sulfonamides is 1. The number of benzene rings is 3. The predicted octanol–water partition coefficient (Wildman–Crippen LogP) is 5.23. The third-order valence-corrected chi connectivity index (χ3v) is 5.71. The lowest BCUT2D eigenvalue weighted by Gasteiger charge is -2.18. The zero-order valence-electron chi connectivity index (χ0n) is 15.5. The molecule has 0 aromatic heterocycles. The molecule has 0 radical (unpaired) electrons. The summed E-state index contributed by atoms with van der Waals surface area (Å²) in [6, 6.07) is 25.4. The normalized spacial score (nSPS) is 12.1. The van der Waals surface area contributed by atoms with Crippen LogP contribution in [0.2, 0.25) is 0 Å². The molecule has 0 bridgehead atoms. The first-order valence-corrected chi connectivity index (χ1v) is 10.5. The van der Waals surface area contributed by atoms with Gasteiger partial charge in [-0.25, -0.2) is 8.42 Å². The van der Waals surface area contributed by atoms with Crippen molar-refractivity contribution in [3.05, 3.63) is 103 Å². The van der Waals surface area contributed by atoms with Gasteiger partial charge in [0.05, 0.1) is 11.5 Å². The van der Waals surface area contributed by atoms with Crippen LogP contribution in [0.4, 0.5) is 5.69 Å². The summed E-state index contributed by atoms with van der Waals surface area (Å²) in [5, 5.41) is 0. The van der Waals surface area contributed by atoms with E-state index in [4.69, 9.17) is 4.74 Å². The lowest BCUT2D eigenvalue weighted by atomic mass is 9.96. The molecule has 0 aliphatic heterocycles. The molecule has 3 aromatic carbocycles. The minimum atomic E-state index is -3.62. The van der Waals surface area contributed by atoms with Crippen LogP contribution in [-0.2, 0) is 10.0 Å². The number of hydrogen-bond donors (Lipinski definition) is 1. The number of nitrogens with one attached hydrogen (secondary N) is 1. The Bertz CT molecular complexity index is 1000. The largest absolute Gasteiger partial charge is 0.493 e. The van der Waals surface area contributed by atoms with E-state index in [1.54, 1.807) is 36.4 Å². The van der Waals surface area contributed by atoms with Crippen molar-refractivity contribution in [2.24, 2.45) is 0 Å². The SMILES string of the molecule is C=CCC(COc1ccccc1)c1cccc(NS(=O)(=O)c2ccccc2)c1. The number of anilines is 1. The number of allylic oxidation sites excluding steroid dienone is 1. The molecule has 0 aliphatic rings. The van der Waals surface area contributed by atoms with Crippen LogP contribution in [0, 0.1) is 0 Å². The van der Waals surface area contributed by atoms with Crippen LogP contribution in [0.25, 0.3) is 0 Å². The first-order chi connectivity index (χ1) is 13.6. The molecule has 1 N–H and O–H groups in total. The molecule has 0 saturated carbocycles. The van der Waals surface area contributed by atoms with E-state index >= 15 is 0 Å². The summed E-state index contributed by atoms with van der Waals surface area (Å²) in [4.78, 5) is 0.232. The Hall–Kier alpha value is -3.05. The van der Waals surface area contributed by atoms with Crippen LogP contribution in [0.15, 0.2) is 102 Å². The van der Waals surface area contributed by atoms with E-state index in [9.17, 15) is 8.42 Å². The maximum atomic E-state index is 12.6. The second-order valence-corrected chi connectivity index (χ2v) is 8.07. The van der Waals surface area contributed by atoms with Crippen LogP contribution in [0.3, 0.4) is 0 Å². The highest BCUT2D eigenvalue weighted by molar-refractivity contribution is 7.92. The van der Waals surface area contributed by atoms with Gasteiger partial charge in [-0.05, 0) is 48.4 Å². The lowest BCUT2D eigenvalue weighted by molar-refractivity contribution is 0.288. The van der Waals surface area contributed by atoms with Gasteiger partial charge in [0.25, 0.3) is 10.0 Å². The molecular weight excluding hydrogens is 370 g/mol. The Morgan fingerprint density at radius 1 is 0.929 bits per heavy atom. The van der Waals surface area contributed by atoms with Gasteiger partial charge in [-0.1, -0.05) is 54.6 Å². The molecule has 3 aromatic rings. The molecule has 0 amide bonds. The van der Waals surface area contributed by atoms with E-state index in [0.717, 1.165) is 17.7 Å². The van der Waals surface area contributed by atoms with Crippen LogP contribution in [-0.4, -0.2) is 15.0 Å². The molecule has 28 heavy (non-hydrogen) atoms. The van der Waals surface area contributed by atoms with Crippen molar-refractivity contribution in [2.75, 3.05) is 11.3 Å². The van der Waals surface area contributed by atoms with Gasteiger partial charge in [0.15, 0.2) is 0 Å². The van der Waals surface area contributed by atoms with Gasteiger partial charge in [0, 0.05) is 11.6 Å². The minimum Gasteiger partial charge on any atom is -0.493 e. The fraction of sp³-hybridized carbons (Fsp3) is 0.130. The van der Waals surface area contributed by atoms with Gasteiger partial charge in [-0.2, -0.15) is 0 Å². The molecule has 5 heteroatoms. The van der Waals surface area contributed by atoms with Crippen molar-refractivity contribution in [3.8, 4) is 5.75 Å². The highest BCUT2D eigenvalue weighted by atomic mass is 32.2. The third-order valence-electron chi connectivity index (χ3n) is 4.31. The topological polar surface area (TPSA) is 55.4 Å². The monoisotopic (exact) mass is 393 g/mol. The Morgan fingerprint density at radius 2 is 1.61 bits per heavy atom. The maximum Gasteiger partial charge on any atom is 0.261 e. The van der Waals surface area contributed by atoms with Crippen molar-refractivity contribution in [1.82, 2.24) is 0 Å². The van der Waals surface area contributed by atoms with Crippen LogP contribution >= 0.6 is 0 Å². The summed E-state index contributed by atoms with van der Waals surface area (Å²) in [6.45, 7) is 4.31. The molecular formula is C23H23NO3S. The van der Waals surface area contributed by atoms with Gasteiger partial charge in [-0.15, -0.1) is 6.58 Å². The number of ether oxygens (including phenoxy) is 1. The van der Waals surface area contributed by atoms with Gasteiger partial charge < -0.3 is 4.74 Å². The number of hydrogen-bond acceptors (Lipinski definition) is 3. The van der Waals surface area contributed by atoms with E-state index in [-0.39, 0.29) is 10.8 Å². The lowest BCUT2D eigenvalue weighted by Crippen LogP contribution is -2.14. The quantitative estimate of drug-likeness (QED) is 0.507. The number of para-hydroxylation sites is 1. The molecule has 0 saturated heterocycles. The van der Waals surface area contributed by atoms with Gasteiger partial charge in [0.1, 0.15) is 5.75 Å². The zero-order chi connectivity index (χ0) is 19.8. The molecule has 1 atom stereocenters. The molecule has 0 spiro atoms. The molecule has 144 valence electrons. The summed E-state index contributed by atoms with van der Waals surface area (Å²) in [5.41, 5.74) is 1.51. The van der Waals surface area contributed by atoms with E-state index < -0.39 is 10.0 Å². The van der Waals surface area contributed by atoms with Crippen LogP contribution < -0.4 is 9.46 Å². The molecule has 1 unspecified atom stereocenters. The van der Waals surface area contributed by atoms with Gasteiger partial charge in [0.2, 0.25) is 0 Å². The van der Waals surface area contributed by atoms with Crippen molar-refractivity contribution in [3.63, 3.8) is 0 Å². The van der Waals surface area contributed by atoms with Crippen molar-refractivity contribution in [2.45, 2.75) is 17.2 Å². The maximum absolute atomic E-state index is 12.6. The second-order valence-electron chi connectivity index (χ2n) is 6.39. The predicted molar refractivity (Wildman–Crippen MR) is 113 cm³/mol. The summed E-state index contributed by atoms with van der Waals surface area (Å²) in [5.74, 6) is 0.872. The third kappa shape index (κ3) is 5.24. The van der Waals surface area contributed by atoms with E-state index in [1.807, 2.05) is 54.6 Å². The van der Waals surface area contributed by atoms with Crippen molar-refractivity contribution in [1.29, 1.82) is 0 Å². The van der Waals surface area contributed by atoms with Crippen LogP contribution in [0.5, 0.6) is 5.75 Å². The second kappa shape index (κ2) is 9.24. The summed E-state index contributed by atoms with van der Waals surface area (Å²) in [6.07, 6.45) is 2.57. The Balaban J connectivity index is 1.77. The van der Waals surface area contributed by atoms with E-state index in [2.05, 4.69) is 11.3 Å². The summed E-state index contributed by atoms with van der Waals surface area (Å²) >= 11 is 0. The van der Waals surface area contributed by atoms with Gasteiger partial charge >= 0.3 is 0 Å².